The van der Waals surface area contributed by atoms with Crippen LogP contribution < -0.4 is 5.32 Å². The SMILES string of the molecule is CNC(=O)C1CCN(C(=O)Cc2ccc(S)cc2)CC1. The Labute approximate surface area is 124 Å². The molecule has 1 aliphatic rings. The second-order valence-corrected chi connectivity index (χ2v) is 5.63. The van der Waals surface area contributed by atoms with E-state index in [2.05, 4.69) is 17.9 Å². The highest BCUT2D eigenvalue weighted by Crippen LogP contribution is 2.18. The zero-order valence-corrected chi connectivity index (χ0v) is 12.5. The first-order valence-electron chi connectivity index (χ1n) is 6.87. The predicted molar refractivity (Wildman–Crippen MR) is 80.8 cm³/mol. The fraction of sp³-hybridized carbons (Fsp3) is 0.467. The number of benzene rings is 1. The third kappa shape index (κ3) is 3.76. The first-order valence-corrected chi connectivity index (χ1v) is 7.32. The molecule has 1 fully saturated rings. The Bertz CT molecular complexity index is 479. The molecule has 20 heavy (non-hydrogen) atoms. The molecule has 1 aromatic carbocycles. The van der Waals surface area contributed by atoms with Crippen LogP contribution in [0.3, 0.4) is 0 Å². The maximum absolute atomic E-state index is 12.2. The number of hydrogen-bond acceptors (Lipinski definition) is 3. The molecule has 0 atom stereocenters. The van der Waals surface area contributed by atoms with Crippen LogP contribution in [-0.4, -0.2) is 36.9 Å². The molecule has 0 aromatic heterocycles. The third-order valence-electron chi connectivity index (χ3n) is 3.76. The van der Waals surface area contributed by atoms with Crippen LogP contribution in [0, 0.1) is 5.92 Å². The summed E-state index contributed by atoms with van der Waals surface area (Å²) >= 11 is 4.23. The summed E-state index contributed by atoms with van der Waals surface area (Å²) in [6.45, 7) is 1.34. The maximum Gasteiger partial charge on any atom is 0.226 e. The molecule has 108 valence electrons. The average molecular weight is 292 g/mol. The van der Waals surface area contributed by atoms with Crippen LogP contribution in [0.2, 0.25) is 0 Å². The zero-order valence-electron chi connectivity index (χ0n) is 11.6. The number of nitrogens with one attached hydrogen (secondary N) is 1. The van der Waals surface area contributed by atoms with E-state index in [0.717, 1.165) is 23.3 Å². The number of piperidine rings is 1. The van der Waals surface area contributed by atoms with Crippen molar-refractivity contribution in [3.05, 3.63) is 29.8 Å². The predicted octanol–water partition coefficient (Wildman–Crippen LogP) is 1.50. The lowest BCUT2D eigenvalue weighted by atomic mass is 9.95. The lowest BCUT2D eigenvalue weighted by Gasteiger charge is -2.31. The molecule has 1 aliphatic heterocycles. The normalized spacial score (nSPS) is 16.0. The first kappa shape index (κ1) is 14.9. The van der Waals surface area contributed by atoms with Gasteiger partial charge in [-0.25, -0.2) is 0 Å². The summed E-state index contributed by atoms with van der Waals surface area (Å²) in [7, 11) is 1.66. The number of rotatable bonds is 3. The van der Waals surface area contributed by atoms with Gasteiger partial charge in [-0.1, -0.05) is 12.1 Å². The number of likely N-dealkylation sites (tertiary alicyclic amines) is 1. The van der Waals surface area contributed by atoms with E-state index in [9.17, 15) is 9.59 Å². The van der Waals surface area contributed by atoms with Gasteiger partial charge in [0.05, 0.1) is 6.42 Å². The molecule has 2 amide bonds. The van der Waals surface area contributed by atoms with E-state index in [-0.39, 0.29) is 17.7 Å². The fourth-order valence-electron chi connectivity index (χ4n) is 2.50. The van der Waals surface area contributed by atoms with Crippen molar-refractivity contribution < 1.29 is 9.59 Å². The summed E-state index contributed by atoms with van der Waals surface area (Å²) in [6, 6.07) is 7.64. The van der Waals surface area contributed by atoms with Gasteiger partial charge in [0.1, 0.15) is 0 Å². The van der Waals surface area contributed by atoms with E-state index in [4.69, 9.17) is 0 Å². The van der Waals surface area contributed by atoms with Gasteiger partial charge in [0.25, 0.3) is 0 Å². The molecule has 2 rings (SSSR count). The number of nitrogens with zero attached hydrogens (tertiary/aromatic N) is 1. The Morgan fingerprint density at radius 3 is 2.40 bits per heavy atom. The number of amides is 2. The van der Waals surface area contributed by atoms with Crippen molar-refractivity contribution in [1.29, 1.82) is 0 Å². The van der Waals surface area contributed by atoms with E-state index < -0.39 is 0 Å². The molecule has 0 spiro atoms. The molecule has 1 N–H and O–H groups in total. The Morgan fingerprint density at radius 2 is 1.85 bits per heavy atom. The number of carbonyl (C=O) groups excluding carboxylic acids is 2. The summed E-state index contributed by atoms with van der Waals surface area (Å²) < 4.78 is 0. The van der Waals surface area contributed by atoms with Crippen LogP contribution in [0.25, 0.3) is 0 Å². The summed E-state index contributed by atoms with van der Waals surface area (Å²) in [5, 5.41) is 2.67. The van der Waals surface area contributed by atoms with E-state index in [1.165, 1.54) is 0 Å². The van der Waals surface area contributed by atoms with E-state index in [0.29, 0.717) is 19.5 Å². The largest absolute Gasteiger partial charge is 0.359 e. The molecule has 0 bridgehead atoms. The Hall–Kier alpha value is -1.49. The molecular formula is C15H20N2O2S. The molecule has 5 heteroatoms. The maximum atomic E-state index is 12.2. The highest BCUT2D eigenvalue weighted by Gasteiger charge is 2.26. The van der Waals surface area contributed by atoms with Gasteiger partial charge in [-0.3, -0.25) is 9.59 Å². The topological polar surface area (TPSA) is 49.4 Å². The van der Waals surface area contributed by atoms with E-state index >= 15 is 0 Å². The van der Waals surface area contributed by atoms with Gasteiger partial charge in [-0.05, 0) is 30.5 Å². The lowest BCUT2D eigenvalue weighted by Crippen LogP contribution is -2.42. The van der Waals surface area contributed by atoms with Gasteiger partial charge in [0.2, 0.25) is 11.8 Å². The minimum Gasteiger partial charge on any atom is -0.359 e. The molecule has 1 heterocycles. The second-order valence-electron chi connectivity index (χ2n) is 5.11. The van der Waals surface area contributed by atoms with Crippen LogP contribution in [-0.2, 0) is 16.0 Å². The Balaban J connectivity index is 1.85. The van der Waals surface area contributed by atoms with Gasteiger partial charge >= 0.3 is 0 Å². The monoisotopic (exact) mass is 292 g/mol. The van der Waals surface area contributed by atoms with Gasteiger partial charge in [0, 0.05) is 31.0 Å². The van der Waals surface area contributed by atoms with Gasteiger partial charge < -0.3 is 10.2 Å². The van der Waals surface area contributed by atoms with Crippen molar-refractivity contribution in [1.82, 2.24) is 10.2 Å². The minimum absolute atomic E-state index is 0.0486. The molecule has 0 unspecified atom stereocenters. The highest BCUT2D eigenvalue weighted by atomic mass is 32.1. The number of thiol groups is 1. The van der Waals surface area contributed by atoms with Gasteiger partial charge in [-0.15, -0.1) is 12.6 Å². The average Bonchev–Trinajstić information content (AvgIpc) is 2.49. The number of hydrogen-bond donors (Lipinski definition) is 2. The molecule has 4 nitrogen and oxygen atoms in total. The molecule has 0 aliphatic carbocycles. The summed E-state index contributed by atoms with van der Waals surface area (Å²) in [5.74, 6) is 0.265. The van der Waals surface area contributed by atoms with E-state index in [1.807, 2.05) is 29.2 Å². The van der Waals surface area contributed by atoms with Crippen molar-refractivity contribution in [2.24, 2.45) is 5.92 Å². The van der Waals surface area contributed by atoms with Crippen LogP contribution in [0.4, 0.5) is 0 Å². The summed E-state index contributed by atoms with van der Waals surface area (Å²) in [6.07, 6.45) is 1.92. The van der Waals surface area contributed by atoms with Crippen LogP contribution in [0.5, 0.6) is 0 Å². The lowest BCUT2D eigenvalue weighted by molar-refractivity contribution is -0.134. The van der Waals surface area contributed by atoms with Crippen molar-refractivity contribution in [3.8, 4) is 0 Å². The number of carbonyl (C=O) groups is 2. The first-order chi connectivity index (χ1) is 9.60. The Morgan fingerprint density at radius 1 is 1.25 bits per heavy atom. The van der Waals surface area contributed by atoms with Gasteiger partial charge in [0.15, 0.2) is 0 Å². The van der Waals surface area contributed by atoms with Gasteiger partial charge in [-0.2, -0.15) is 0 Å². The molecule has 1 saturated heterocycles. The smallest absolute Gasteiger partial charge is 0.226 e. The van der Waals surface area contributed by atoms with Crippen LogP contribution >= 0.6 is 12.6 Å². The Kier molecular flexibility index (Phi) is 5.06. The van der Waals surface area contributed by atoms with Crippen LogP contribution in [0.1, 0.15) is 18.4 Å². The molecular weight excluding hydrogens is 272 g/mol. The molecule has 1 aromatic rings. The van der Waals surface area contributed by atoms with Crippen molar-refractivity contribution in [3.63, 3.8) is 0 Å². The quantitative estimate of drug-likeness (QED) is 0.830. The fourth-order valence-corrected chi connectivity index (χ4v) is 2.64. The molecule has 0 saturated carbocycles. The van der Waals surface area contributed by atoms with Crippen molar-refractivity contribution >= 4 is 24.4 Å². The standard InChI is InChI=1S/C15H20N2O2S/c1-16-15(19)12-6-8-17(9-7-12)14(18)10-11-2-4-13(20)5-3-11/h2-5,12,20H,6-10H2,1H3,(H,16,19). The summed E-state index contributed by atoms with van der Waals surface area (Å²) in [5.41, 5.74) is 1.00. The van der Waals surface area contributed by atoms with Crippen molar-refractivity contribution in [2.45, 2.75) is 24.2 Å². The summed E-state index contributed by atoms with van der Waals surface area (Å²) in [4.78, 5) is 26.5. The highest BCUT2D eigenvalue weighted by molar-refractivity contribution is 7.80. The third-order valence-corrected chi connectivity index (χ3v) is 4.05. The zero-order chi connectivity index (χ0) is 14.5. The minimum atomic E-state index is 0.0486. The van der Waals surface area contributed by atoms with E-state index in [1.54, 1.807) is 7.05 Å². The van der Waals surface area contributed by atoms with Crippen molar-refractivity contribution in [2.75, 3.05) is 20.1 Å². The second kappa shape index (κ2) is 6.79. The van der Waals surface area contributed by atoms with Crippen LogP contribution in [0.15, 0.2) is 29.2 Å². The molecule has 0 radical (unpaired) electrons.